The Morgan fingerprint density at radius 2 is 1.96 bits per heavy atom. The highest BCUT2D eigenvalue weighted by Gasteiger charge is 2.06. The van der Waals surface area contributed by atoms with Crippen LogP contribution in [0.4, 0.5) is 0 Å². The van der Waals surface area contributed by atoms with Crippen molar-refractivity contribution in [3.63, 3.8) is 0 Å². The minimum absolute atomic E-state index is 0.525. The Balaban J connectivity index is 1.99. The SMILES string of the molecule is CCNC(=NCc1ccc(OC)cc1OC)NCCc1ccncc1C. The number of rotatable bonds is 8. The number of hydrogen-bond acceptors (Lipinski definition) is 4. The molecule has 1 aromatic heterocycles. The van der Waals surface area contributed by atoms with E-state index >= 15 is 0 Å². The monoisotopic (exact) mass is 356 g/mol. The number of pyridine rings is 1. The molecule has 0 spiro atoms. The van der Waals surface area contributed by atoms with Crippen LogP contribution in [0.3, 0.4) is 0 Å². The number of guanidine groups is 1. The van der Waals surface area contributed by atoms with Gasteiger partial charge in [0.25, 0.3) is 0 Å². The quantitative estimate of drug-likeness (QED) is 0.562. The molecule has 140 valence electrons. The Morgan fingerprint density at radius 1 is 1.12 bits per heavy atom. The Kier molecular flexibility index (Phi) is 7.74. The molecule has 0 saturated carbocycles. The average Bonchev–Trinajstić information content (AvgIpc) is 2.67. The fourth-order valence-electron chi connectivity index (χ4n) is 2.59. The van der Waals surface area contributed by atoms with E-state index in [-0.39, 0.29) is 0 Å². The van der Waals surface area contributed by atoms with E-state index in [4.69, 9.17) is 9.47 Å². The molecule has 0 fully saturated rings. The van der Waals surface area contributed by atoms with Crippen molar-refractivity contribution in [3.8, 4) is 11.5 Å². The maximum atomic E-state index is 5.44. The maximum absolute atomic E-state index is 5.44. The van der Waals surface area contributed by atoms with Crippen LogP contribution in [0.1, 0.15) is 23.6 Å². The summed E-state index contributed by atoms with van der Waals surface area (Å²) in [6.07, 6.45) is 4.65. The van der Waals surface area contributed by atoms with Gasteiger partial charge in [-0.05, 0) is 49.6 Å². The van der Waals surface area contributed by atoms with Crippen LogP contribution < -0.4 is 20.1 Å². The Hall–Kier alpha value is -2.76. The summed E-state index contributed by atoms with van der Waals surface area (Å²) in [7, 11) is 3.30. The lowest BCUT2D eigenvalue weighted by atomic mass is 10.1. The third-order valence-corrected chi connectivity index (χ3v) is 4.07. The van der Waals surface area contributed by atoms with Crippen LogP contribution in [0.2, 0.25) is 0 Å². The predicted molar refractivity (Wildman–Crippen MR) is 105 cm³/mol. The van der Waals surface area contributed by atoms with Crippen molar-refractivity contribution < 1.29 is 9.47 Å². The summed E-state index contributed by atoms with van der Waals surface area (Å²) in [5, 5.41) is 6.65. The number of benzene rings is 1. The first kappa shape index (κ1) is 19.6. The van der Waals surface area contributed by atoms with E-state index in [1.807, 2.05) is 30.6 Å². The first-order valence-corrected chi connectivity index (χ1v) is 8.80. The lowest BCUT2D eigenvalue weighted by Gasteiger charge is -2.13. The standard InChI is InChI=1S/C20H28N4O2/c1-5-22-20(23-11-9-16-8-10-21-13-15(16)2)24-14-17-6-7-18(25-3)12-19(17)26-4/h6-8,10,12-13H,5,9,11,14H2,1-4H3,(H2,22,23,24). The maximum Gasteiger partial charge on any atom is 0.191 e. The summed E-state index contributed by atoms with van der Waals surface area (Å²) in [4.78, 5) is 8.79. The van der Waals surface area contributed by atoms with Crippen LogP contribution >= 0.6 is 0 Å². The molecule has 2 aromatic rings. The minimum Gasteiger partial charge on any atom is -0.497 e. The summed E-state index contributed by atoms with van der Waals surface area (Å²) in [6, 6.07) is 7.83. The minimum atomic E-state index is 0.525. The molecule has 0 saturated heterocycles. The van der Waals surface area contributed by atoms with Gasteiger partial charge in [-0.1, -0.05) is 0 Å². The summed E-state index contributed by atoms with van der Waals surface area (Å²) in [5.74, 6) is 2.33. The highest BCUT2D eigenvalue weighted by atomic mass is 16.5. The molecular formula is C20H28N4O2. The lowest BCUT2D eigenvalue weighted by Crippen LogP contribution is -2.38. The van der Waals surface area contributed by atoms with Crippen molar-refractivity contribution >= 4 is 5.96 Å². The smallest absolute Gasteiger partial charge is 0.191 e. The molecule has 0 aliphatic carbocycles. The lowest BCUT2D eigenvalue weighted by molar-refractivity contribution is 0.391. The van der Waals surface area contributed by atoms with E-state index in [0.29, 0.717) is 6.54 Å². The van der Waals surface area contributed by atoms with Gasteiger partial charge < -0.3 is 20.1 Å². The molecule has 0 aliphatic heterocycles. The highest BCUT2D eigenvalue weighted by Crippen LogP contribution is 2.25. The number of aryl methyl sites for hydroxylation is 1. The van der Waals surface area contributed by atoms with Crippen molar-refractivity contribution in [3.05, 3.63) is 53.3 Å². The average molecular weight is 356 g/mol. The van der Waals surface area contributed by atoms with Crippen molar-refractivity contribution in [2.24, 2.45) is 4.99 Å². The van der Waals surface area contributed by atoms with Gasteiger partial charge in [0.1, 0.15) is 11.5 Å². The second kappa shape index (κ2) is 10.3. The van der Waals surface area contributed by atoms with E-state index in [2.05, 4.69) is 40.5 Å². The first-order valence-electron chi connectivity index (χ1n) is 8.80. The largest absolute Gasteiger partial charge is 0.497 e. The third-order valence-electron chi connectivity index (χ3n) is 4.07. The third kappa shape index (κ3) is 5.65. The topological polar surface area (TPSA) is 67.8 Å². The molecule has 0 aliphatic rings. The van der Waals surface area contributed by atoms with E-state index < -0.39 is 0 Å². The number of hydrogen-bond donors (Lipinski definition) is 2. The van der Waals surface area contributed by atoms with Gasteiger partial charge in [0, 0.05) is 37.1 Å². The molecule has 2 rings (SSSR count). The van der Waals surface area contributed by atoms with Crippen LogP contribution in [-0.2, 0) is 13.0 Å². The molecule has 6 nitrogen and oxygen atoms in total. The van der Waals surface area contributed by atoms with Gasteiger partial charge in [0.05, 0.1) is 20.8 Å². The summed E-state index contributed by atoms with van der Waals surface area (Å²) >= 11 is 0. The number of nitrogens with one attached hydrogen (secondary N) is 2. The summed E-state index contributed by atoms with van der Waals surface area (Å²) < 4.78 is 10.7. The predicted octanol–water partition coefficient (Wildman–Crippen LogP) is 2.71. The van der Waals surface area contributed by atoms with Crippen molar-refractivity contribution in [2.45, 2.75) is 26.8 Å². The molecule has 1 aromatic carbocycles. The zero-order chi connectivity index (χ0) is 18.8. The van der Waals surface area contributed by atoms with E-state index in [0.717, 1.165) is 42.5 Å². The first-order chi connectivity index (χ1) is 12.7. The normalized spacial score (nSPS) is 11.2. The molecule has 0 amide bonds. The summed E-state index contributed by atoms with van der Waals surface area (Å²) in [5.41, 5.74) is 3.51. The van der Waals surface area contributed by atoms with Gasteiger partial charge in [-0.25, -0.2) is 4.99 Å². The number of methoxy groups -OCH3 is 2. The Labute approximate surface area is 155 Å². The van der Waals surface area contributed by atoms with Gasteiger partial charge in [0.2, 0.25) is 0 Å². The number of aromatic nitrogens is 1. The Morgan fingerprint density at radius 3 is 2.65 bits per heavy atom. The fraction of sp³-hybridized carbons (Fsp3) is 0.400. The molecule has 2 N–H and O–H groups in total. The van der Waals surface area contributed by atoms with Gasteiger partial charge in [-0.3, -0.25) is 4.98 Å². The molecular weight excluding hydrogens is 328 g/mol. The molecule has 0 unspecified atom stereocenters. The van der Waals surface area contributed by atoms with E-state index in [1.165, 1.54) is 11.1 Å². The molecule has 0 radical (unpaired) electrons. The number of aliphatic imine (C=N–C) groups is 1. The second-order valence-electron chi connectivity index (χ2n) is 5.85. The van der Waals surface area contributed by atoms with Gasteiger partial charge in [-0.15, -0.1) is 0 Å². The van der Waals surface area contributed by atoms with Crippen molar-refractivity contribution in [2.75, 3.05) is 27.3 Å². The number of ether oxygens (including phenoxy) is 2. The molecule has 26 heavy (non-hydrogen) atoms. The van der Waals surface area contributed by atoms with Crippen LogP contribution in [0.15, 0.2) is 41.7 Å². The fourth-order valence-corrected chi connectivity index (χ4v) is 2.59. The van der Waals surface area contributed by atoms with Crippen LogP contribution in [0, 0.1) is 6.92 Å². The second-order valence-corrected chi connectivity index (χ2v) is 5.85. The van der Waals surface area contributed by atoms with Gasteiger partial charge >= 0.3 is 0 Å². The number of nitrogens with zero attached hydrogens (tertiary/aromatic N) is 2. The van der Waals surface area contributed by atoms with E-state index in [9.17, 15) is 0 Å². The van der Waals surface area contributed by atoms with Crippen LogP contribution in [0.25, 0.3) is 0 Å². The van der Waals surface area contributed by atoms with Crippen molar-refractivity contribution in [1.82, 2.24) is 15.6 Å². The zero-order valence-corrected chi connectivity index (χ0v) is 16.0. The zero-order valence-electron chi connectivity index (χ0n) is 16.0. The summed E-state index contributed by atoms with van der Waals surface area (Å²) in [6.45, 7) is 6.27. The molecule has 6 heteroatoms. The highest BCUT2D eigenvalue weighted by molar-refractivity contribution is 5.79. The van der Waals surface area contributed by atoms with E-state index in [1.54, 1.807) is 14.2 Å². The van der Waals surface area contributed by atoms with Crippen LogP contribution in [0.5, 0.6) is 11.5 Å². The Bertz CT molecular complexity index is 732. The van der Waals surface area contributed by atoms with Crippen molar-refractivity contribution in [1.29, 1.82) is 0 Å². The van der Waals surface area contributed by atoms with Gasteiger partial charge in [-0.2, -0.15) is 0 Å². The molecule has 1 heterocycles. The molecule has 0 atom stereocenters. The van der Waals surface area contributed by atoms with Gasteiger partial charge in [0.15, 0.2) is 5.96 Å². The van der Waals surface area contributed by atoms with Crippen LogP contribution in [-0.4, -0.2) is 38.3 Å². The molecule has 0 bridgehead atoms.